The lowest BCUT2D eigenvalue weighted by molar-refractivity contribution is 0.102. The topological polar surface area (TPSA) is 89.0 Å². The Morgan fingerprint density at radius 1 is 1.19 bits per heavy atom. The Morgan fingerprint density at radius 3 is 2.71 bits per heavy atom. The van der Waals surface area contributed by atoms with Crippen LogP contribution in [0.4, 0.5) is 5.69 Å². The molecule has 0 aliphatic heterocycles. The van der Waals surface area contributed by atoms with Crippen LogP contribution >= 0.6 is 33.7 Å². The first-order valence-corrected chi connectivity index (χ1v) is 9.43. The number of anilines is 1. The maximum atomic E-state index is 12.2. The van der Waals surface area contributed by atoms with E-state index in [1.54, 1.807) is 18.2 Å². The number of benzene rings is 1. The quantitative estimate of drug-likeness (QED) is 0.726. The molecule has 108 valence electrons. The van der Waals surface area contributed by atoms with Gasteiger partial charge in [0.05, 0.1) is 11.7 Å². The second-order valence-electron chi connectivity index (χ2n) is 3.97. The molecule has 0 aliphatic rings. The molecule has 1 aromatic carbocycles. The van der Waals surface area contributed by atoms with Gasteiger partial charge in [-0.3, -0.25) is 4.79 Å². The van der Waals surface area contributed by atoms with E-state index in [2.05, 4.69) is 14.1 Å². The van der Waals surface area contributed by atoms with Crippen molar-refractivity contribution in [2.45, 2.75) is 4.90 Å². The standard InChI is InChI=1S/C11H6ClN3O3S3/c12-21(17,18)9-3-4-19-10(9)11(16)13-6-1-2-7-8(5-6)15-20-14-7/h1-5H,(H,13,16). The first-order chi connectivity index (χ1) is 9.95. The van der Waals surface area contributed by atoms with Crippen LogP contribution in [0, 0.1) is 0 Å². The van der Waals surface area contributed by atoms with Crippen LogP contribution in [0.25, 0.3) is 11.0 Å². The summed E-state index contributed by atoms with van der Waals surface area (Å²) < 4.78 is 30.9. The second kappa shape index (κ2) is 5.34. The number of hydrogen-bond donors (Lipinski definition) is 1. The first kappa shape index (κ1) is 14.4. The van der Waals surface area contributed by atoms with Gasteiger partial charge in [0, 0.05) is 16.4 Å². The van der Waals surface area contributed by atoms with E-state index in [0.29, 0.717) is 11.2 Å². The monoisotopic (exact) mass is 359 g/mol. The molecule has 0 aliphatic carbocycles. The molecule has 0 fully saturated rings. The largest absolute Gasteiger partial charge is 0.321 e. The van der Waals surface area contributed by atoms with Crippen molar-refractivity contribution in [3.05, 3.63) is 34.5 Å². The number of aromatic nitrogens is 2. The SMILES string of the molecule is O=C(Nc1ccc2nsnc2c1)c1sccc1S(=O)(=O)Cl. The van der Waals surface area contributed by atoms with Gasteiger partial charge in [-0.2, -0.15) is 8.75 Å². The summed E-state index contributed by atoms with van der Waals surface area (Å²) in [5.74, 6) is -0.535. The highest BCUT2D eigenvalue weighted by atomic mass is 35.7. The van der Waals surface area contributed by atoms with Gasteiger partial charge in [-0.05, 0) is 29.6 Å². The van der Waals surface area contributed by atoms with Crippen LogP contribution in [-0.4, -0.2) is 23.1 Å². The number of carbonyl (C=O) groups is 1. The first-order valence-electron chi connectivity index (χ1n) is 5.51. The molecule has 6 nitrogen and oxygen atoms in total. The van der Waals surface area contributed by atoms with Crippen molar-refractivity contribution in [3.8, 4) is 0 Å². The van der Waals surface area contributed by atoms with Gasteiger partial charge in [0.1, 0.15) is 20.8 Å². The van der Waals surface area contributed by atoms with Crippen LogP contribution < -0.4 is 5.32 Å². The molecular weight excluding hydrogens is 354 g/mol. The van der Waals surface area contributed by atoms with Crippen LogP contribution in [-0.2, 0) is 9.05 Å². The highest BCUT2D eigenvalue weighted by Crippen LogP contribution is 2.26. The Hall–Kier alpha value is -1.55. The maximum absolute atomic E-state index is 12.2. The maximum Gasteiger partial charge on any atom is 0.267 e. The Labute approximate surface area is 132 Å². The van der Waals surface area contributed by atoms with Crippen LogP contribution in [0.2, 0.25) is 0 Å². The smallest absolute Gasteiger partial charge is 0.267 e. The van der Waals surface area contributed by atoms with Gasteiger partial charge in [0.25, 0.3) is 15.0 Å². The molecule has 3 aromatic rings. The van der Waals surface area contributed by atoms with Crippen molar-refractivity contribution in [1.82, 2.24) is 8.75 Å². The molecule has 3 rings (SSSR count). The molecule has 0 unspecified atom stereocenters. The number of thiophene rings is 1. The number of nitrogens with zero attached hydrogens (tertiary/aromatic N) is 2. The molecule has 0 bridgehead atoms. The predicted molar refractivity (Wildman–Crippen MR) is 82.7 cm³/mol. The van der Waals surface area contributed by atoms with Crippen molar-refractivity contribution in [3.63, 3.8) is 0 Å². The minimum absolute atomic E-state index is 0.0431. The number of carbonyl (C=O) groups excluding carboxylic acids is 1. The number of amides is 1. The Balaban J connectivity index is 1.91. The average Bonchev–Trinajstić information content (AvgIpc) is 3.06. The lowest BCUT2D eigenvalue weighted by Crippen LogP contribution is -2.12. The lowest BCUT2D eigenvalue weighted by Gasteiger charge is -2.04. The molecule has 1 amide bonds. The number of fused-ring (bicyclic) bond motifs is 1. The van der Waals surface area contributed by atoms with Gasteiger partial charge in [0.2, 0.25) is 0 Å². The summed E-state index contributed by atoms with van der Waals surface area (Å²) in [6, 6.07) is 6.36. The Kier molecular flexibility index (Phi) is 3.66. The molecule has 2 aromatic heterocycles. The zero-order valence-electron chi connectivity index (χ0n) is 10.1. The summed E-state index contributed by atoms with van der Waals surface area (Å²) >= 11 is 2.08. The van der Waals surface area contributed by atoms with Gasteiger partial charge in [0.15, 0.2) is 0 Å². The Bertz CT molecular complexity index is 932. The molecule has 21 heavy (non-hydrogen) atoms. The summed E-state index contributed by atoms with van der Waals surface area (Å²) in [4.78, 5) is 12.0. The molecule has 1 N–H and O–H groups in total. The average molecular weight is 360 g/mol. The fraction of sp³-hybridized carbons (Fsp3) is 0. The van der Waals surface area contributed by atoms with Gasteiger partial charge in [-0.1, -0.05) is 0 Å². The molecule has 2 heterocycles. The van der Waals surface area contributed by atoms with Crippen molar-refractivity contribution < 1.29 is 13.2 Å². The van der Waals surface area contributed by atoms with Crippen molar-refractivity contribution >= 4 is 65.4 Å². The van der Waals surface area contributed by atoms with Crippen LogP contribution in [0.3, 0.4) is 0 Å². The molecule has 0 saturated carbocycles. The van der Waals surface area contributed by atoms with E-state index in [-0.39, 0.29) is 9.77 Å². The normalized spacial score (nSPS) is 11.7. The van der Waals surface area contributed by atoms with Crippen LogP contribution in [0.15, 0.2) is 34.5 Å². The number of nitrogens with one attached hydrogen (secondary N) is 1. The summed E-state index contributed by atoms with van der Waals surface area (Å²) in [6.45, 7) is 0. The van der Waals surface area contributed by atoms with E-state index in [9.17, 15) is 13.2 Å². The minimum Gasteiger partial charge on any atom is -0.321 e. The van der Waals surface area contributed by atoms with E-state index < -0.39 is 15.0 Å². The number of rotatable bonds is 3. The lowest BCUT2D eigenvalue weighted by atomic mass is 10.2. The fourth-order valence-electron chi connectivity index (χ4n) is 1.70. The number of hydrogen-bond acceptors (Lipinski definition) is 7. The van der Waals surface area contributed by atoms with Crippen LogP contribution in [0.5, 0.6) is 0 Å². The summed E-state index contributed by atoms with van der Waals surface area (Å²) in [6.07, 6.45) is 0. The van der Waals surface area contributed by atoms with Crippen LogP contribution in [0.1, 0.15) is 9.67 Å². The zero-order chi connectivity index (χ0) is 15.0. The molecule has 0 spiro atoms. The van der Waals surface area contributed by atoms with E-state index in [0.717, 1.165) is 28.6 Å². The number of halogens is 1. The highest BCUT2D eigenvalue weighted by Gasteiger charge is 2.22. The molecule has 0 saturated heterocycles. The third-order valence-electron chi connectivity index (χ3n) is 2.61. The Morgan fingerprint density at radius 2 is 1.95 bits per heavy atom. The molecule has 0 atom stereocenters. The minimum atomic E-state index is -3.95. The van der Waals surface area contributed by atoms with Gasteiger partial charge in [-0.15, -0.1) is 11.3 Å². The van der Waals surface area contributed by atoms with Crippen molar-refractivity contribution in [1.29, 1.82) is 0 Å². The molecular formula is C11H6ClN3O3S3. The van der Waals surface area contributed by atoms with E-state index in [1.165, 1.54) is 11.4 Å². The van der Waals surface area contributed by atoms with E-state index in [1.807, 2.05) is 0 Å². The molecule has 10 heteroatoms. The van der Waals surface area contributed by atoms with Crippen molar-refractivity contribution in [2.24, 2.45) is 0 Å². The van der Waals surface area contributed by atoms with Gasteiger partial charge >= 0.3 is 0 Å². The molecule has 0 radical (unpaired) electrons. The summed E-state index contributed by atoms with van der Waals surface area (Å²) in [5.41, 5.74) is 1.90. The fourth-order valence-corrected chi connectivity index (χ4v) is 4.53. The second-order valence-corrected chi connectivity index (χ2v) is 7.95. The van der Waals surface area contributed by atoms with E-state index in [4.69, 9.17) is 10.7 Å². The van der Waals surface area contributed by atoms with Gasteiger partial charge in [-0.25, -0.2) is 8.42 Å². The zero-order valence-corrected chi connectivity index (χ0v) is 13.3. The third-order valence-corrected chi connectivity index (χ3v) is 5.57. The van der Waals surface area contributed by atoms with Gasteiger partial charge < -0.3 is 5.32 Å². The predicted octanol–water partition coefficient (Wildman–Crippen LogP) is 2.93. The summed E-state index contributed by atoms with van der Waals surface area (Å²) in [7, 11) is 1.35. The highest BCUT2D eigenvalue weighted by molar-refractivity contribution is 8.13. The van der Waals surface area contributed by atoms with E-state index >= 15 is 0 Å². The summed E-state index contributed by atoms with van der Waals surface area (Å²) in [5, 5.41) is 4.12. The third kappa shape index (κ3) is 2.91. The van der Waals surface area contributed by atoms with Crippen molar-refractivity contribution in [2.75, 3.05) is 5.32 Å².